The minimum absolute atomic E-state index is 0.0280. The molecule has 0 aromatic heterocycles. The third-order valence-electron chi connectivity index (χ3n) is 4.52. The number of anilines is 1. The van der Waals surface area contributed by atoms with Gasteiger partial charge in [-0.3, -0.25) is 14.5 Å². The number of methoxy groups -OCH3 is 1. The smallest absolute Gasteiger partial charge is 0.238 e. The first-order valence-corrected chi connectivity index (χ1v) is 9.21. The predicted octanol–water partition coefficient (Wildman–Crippen LogP) is 2.84. The molecule has 2 aromatic rings. The molecule has 2 aromatic carbocycles. The summed E-state index contributed by atoms with van der Waals surface area (Å²) in [5.41, 5.74) is 4.20. The number of carbonyl (C=O) groups excluding carboxylic acids is 2. The average Bonchev–Trinajstić information content (AvgIpc) is 2.64. The number of aryl methyl sites for hydroxylation is 2. The lowest BCUT2D eigenvalue weighted by Gasteiger charge is -2.22. The largest absolute Gasteiger partial charge is 0.497 e. The van der Waals surface area contributed by atoms with E-state index >= 15 is 0 Å². The van der Waals surface area contributed by atoms with Crippen LogP contribution in [0.5, 0.6) is 5.75 Å². The number of nitrogens with one attached hydrogen (secondary N) is 1. The van der Waals surface area contributed by atoms with Crippen molar-refractivity contribution in [1.82, 2.24) is 9.80 Å². The second-order valence-corrected chi connectivity index (χ2v) is 7.13. The lowest BCUT2D eigenvalue weighted by molar-refractivity contribution is -0.131. The Morgan fingerprint density at radius 1 is 1.00 bits per heavy atom. The van der Waals surface area contributed by atoms with Crippen LogP contribution < -0.4 is 10.1 Å². The van der Waals surface area contributed by atoms with Gasteiger partial charge in [0.1, 0.15) is 5.75 Å². The highest BCUT2D eigenvalue weighted by Gasteiger charge is 2.15. The summed E-state index contributed by atoms with van der Waals surface area (Å²) in [4.78, 5) is 28.1. The van der Waals surface area contributed by atoms with Gasteiger partial charge in [0, 0.05) is 19.3 Å². The summed E-state index contributed by atoms with van der Waals surface area (Å²) in [6.07, 6.45) is 0. The third kappa shape index (κ3) is 6.39. The van der Waals surface area contributed by atoms with Gasteiger partial charge in [0.25, 0.3) is 0 Å². The lowest BCUT2D eigenvalue weighted by Crippen LogP contribution is -2.39. The van der Waals surface area contributed by atoms with E-state index in [0.717, 1.165) is 11.3 Å². The fourth-order valence-electron chi connectivity index (χ4n) is 2.89. The van der Waals surface area contributed by atoms with Gasteiger partial charge in [-0.1, -0.05) is 23.8 Å². The van der Waals surface area contributed by atoms with E-state index in [1.165, 1.54) is 11.1 Å². The van der Waals surface area contributed by atoms with Gasteiger partial charge in [0.05, 0.1) is 20.2 Å². The zero-order chi connectivity index (χ0) is 20.7. The van der Waals surface area contributed by atoms with Crippen molar-refractivity contribution < 1.29 is 14.3 Å². The van der Waals surface area contributed by atoms with Crippen LogP contribution in [0.3, 0.4) is 0 Å². The second kappa shape index (κ2) is 9.90. The van der Waals surface area contributed by atoms with Crippen LogP contribution in [0.4, 0.5) is 5.69 Å². The molecule has 0 heterocycles. The molecule has 0 aliphatic heterocycles. The van der Waals surface area contributed by atoms with E-state index in [-0.39, 0.29) is 24.9 Å². The number of rotatable bonds is 8. The maximum Gasteiger partial charge on any atom is 0.238 e. The molecular weight excluding hydrogens is 354 g/mol. The first kappa shape index (κ1) is 21.4. The van der Waals surface area contributed by atoms with Gasteiger partial charge >= 0.3 is 0 Å². The van der Waals surface area contributed by atoms with Crippen LogP contribution in [0.15, 0.2) is 42.5 Å². The summed E-state index contributed by atoms with van der Waals surface area (Å²) < 4.78 is 5.10. The minimum atomic E-state index is -0.169. The lowest BCUT2D eigenvalue weighted by atomic mass is 10.1. The summed E-state index contributed by atoms with van der Waals surface area (Å²) in [5, 5.41) is 2.82. The zero-order valence-electron chi connectivity index (χ0n) is 17.3. The van der Waals surface area contributed by atoms with Crippen LogP contribution in [0.1, 0.15) is 16.7 Å². The van der Waals surface area contributed by atoms with E-state index in [4.69, 9.17) is 4.74 Å². The van der Waals surface area contributed by atoms with Crippen molar-refractivity contribution in [3.63, 3.8) is 0 Å². The summed E-state index contributed by atoms with van der Waals surface area (Å²) in [7, 11) is 5.14. The highest BCUT2D eigenvalue weighted by atomic mass is 16.5. The fraction of sp³-hybridized carbons (Fsp3) is 0.364. The van der Waals surface area contributed by atoms with Crippen LogP contribution >= 0.6 is 0 Å². The molecule has 6 nitrogen and oxygen atoms in total. The normalized spacial score (nSPS) is 10.6. The molecular formula is C22H29N3O3. The molecule has 0 radical (unpaired) electrons. The van der Waals surface area contributed by atoms with Crippen molar-refractivity contribution in [2.75, 3.05) is 39.6 Å². The number of nitrogens with zero attached hydrogens (tertiary/aromatic N) is 2. The van der Waals surface area contributed by atoms with Gasteiger partial charge in [-0.25, -0.2) is 0 Å². The van der Waals surface area contributed by atoms with E-state index in [0.29, 0.717) is 12.2 Å². The van der Waals surface area contributed by atoms with E-state index in [9.17, 15) is 9.59 Å². The molecule has 0 atom stereocenters. The Bertz CT molecular complexity index is 818. The first-order valence-electron chi connectivity index (χ1n) is 9.21. The zero-order valence-corrected chi connectivity index (χ0v) is 17.3. The van der Waals surface area contributed by atoms with Gasteiger partial charge in [0.15, 0.2) is 0 Å². The molecule has 0 unspecified atom stereocenters. The molecule has 2 amide bonds. The quantitative estimate of drug-likeness (QED) is 0.761. The van der Waals surface area contributed by atoms with Crippen LogP contribution in [0.25, 0.3) is 0 Å². The Morgan fingerprint density at radius 2 is 1.68 bits per heavy atom. The van der Waals surface area contributed by atoms with Gasteiger partial charge in [-0.2, -0.15) is 0 Å². The topological polar surface area (TPSA) is 61.9 Å². The first-order chi connectivity index (χ1) is 13.3. The van der Waals surface area contributed by atoms with E-state index in [1.807, 2.05) is 0 Å². The summed E-state index contributed by atoms with van der Waals surface area (Å²) in [6, 6.07) is 13.3. The highest BCUT2D eigenvalue weighted by molar-refractivity contribution is 5.92. The molecule has 6 heteroatoms. The molecule has 0 aliphatic carbocycles. The summed E-state index contributed by atoms with van der Waals surface area (Å²) >= 11 is 0. The second-order valence-electron chi connectivity index (χ2n) is 7.13. The van der Waals surface area contributed by atoms with E-state index in [1.54, 1.807) is 55.3 Å². The molecule has 150 valence electrons. The molecule has 0 fully saturated rings. The van der Waals surface area contributed by atoms with Crippen molar-refractivity contribution in [3.05, 3.63) is 59.2 Å². The number of amides is 2. The van der Waals surface area contributed by atoms with Crippen molar-refractivity contribution in [1.29, 1.82) is 0 Å². The number of carbonyl (C=O) groups is 2. The maximum absolute atomic E-state index is 12.5. The van der Waals surface area contributed by atoms with Crippen LogP contribution in [0.2, 0.25) is 0 Å². The number of benzene rings is 2. The van der Waals surface area contributed by atoms with Gasteiger partial charge in [0.2, 0.25) is 11.8 Å². The van der Waals surface area contributed by atoms with E-state index < -0.39 is 0 Å². The predicted molar refractivity (Wildman–Crippen MR) is 112 cm³/mol. The molecule has 28 heavy (non-hydrogen) atoms. The van der Waals surface area contributed by atoms with Crippen LogP contribution in [-0.2, 0) is 16.1 Å². The number of hydrogen-bond acceptors (Lipinski definition) is 4. The number of likely N-dealkylation sites (N-methyl/N-ethyl adjacent to an activating group) is 2. The standard InChI is InChI=1S/C22H29N3O3/c1-16-6-7-18(17(2)12-16)13-25(4)22(27)15-24(3)14-21(26)23-19-8-10-20(28-5)11-9-19/h6-12H,13-15H2,1-5H3,(H,23,26). The molecule has 2 rings (SSSR count). The Kier molecular flexibility index (Phi) is 7.58. The summed E-state index contributed by atoms with van der Waals surface area (Å²) in [5.74, 6) is 0.532. The number of hydrogen-bond donors (Lipinski definition) is 1. The third-order valence-corrected chi connectivity index (χ3v) is 4.52. The van der Waals surface area contributed by atoms with Gasteiger partial charge in [-0.15, -0.1) is 0 Å². The summed E-state index contributed by atoms with van der Waals surface area (Å²) in [6.45, 7) is 4.97. The van der Waals surface area contributed by atoms with Crippen molar-refractivity contribution in [2.45, 2.75) is 20.4 Å². The Morgan fingerprint density at radius 3 is 2.29 bits per heavy atom. The molecule has 0 aliphatic rings. The van der Waals surface area contributed by atoms with Crippen molar-refractivity contribution in [2.24, 2.45) is 0 Å². The van der Waals surface area contributed by atoms with Crippen LogP contribution in [0, 0.1) is 13.8 Å². The monoisotopic (exact) mass is 383 g/mol. The maximum atomic E-state index is 12.5. The van der Waals surface area contributed by atoms with Gasteiger partial charge < -0.3 is 15.0 Å². The molecule has 0 bridgehead atoms. The highest BCUT2D eigenvalue weighted by Crippen LogP contribution is 2.15. The molecule has 0 spiro atoms. The SMILES string of the molecule is COc1ccc(NC(=O)CN(C)CC(=O)N(C)Cc2ccc(C)cc2C)cc1. The van der Waals surface area contributed by atoms with Crippen molar-refractivity contribution >= 4 is 17.5 Å². The molecule has 0 saturated carbocycles. The molecule has 0 saturated heterocycles. The minimum Gasteiger partial charge on any atom is -0.497 e. The Labute approximate surface area is 167 Å². The van der Waals surface area contributed by atoms with Gasteiger partial charge in [-0.05, 0) is 56.3 Å². The fourth-order valence-corrected chi connectivity index (χ4v) is 2.89. The Balaban J connectivity index is 1.82. The Hall–Kier alpha value is -2.86. The average molecular weight is 383 g/mol. The van der Waals surface area contributed by atoms with E-state index in [2.05, 4.69) is 37.4 Å². The van der Waals surface area contributed by atoms with Crippen molar-refractivity contribution in [3.8, 4) is 5.75 Å². The molecule has 1 N–H and O–H groups in total. The number of ether oxygens (including phenoxy) is 1. The van der Waals surface area contributed by atoms with Crippen LogP contribution in [-0.4, -0.2) is 55.9 Å².